The largest absolute Gasteiger partial charge is 0.493 e. The fourth-order valence-corrected chi connectivity index (χ4v) is 3.94. The van der Waals surface area contributed by atoms with Crippen molar-refractivity contribution in [2.75, 3.05) is 31.6 Å². The Labute approximate surface area is 229 Å². The smallest absolute Gasteiger partial charge is 0.340 e. The molecule has 2 N–H and O–H groups in total. The van der Waals surface area contributed by atoms with E-state index in [1.54, 1.807) is 0 Å². The number of likely N-dealkylation sites (tertiary alicyclic amines) is 1. The number of alkyl halides is 1. The maximum absolute atomic E-state index is 13.4. The Morgan fingerprint density at radius 3 is 2.28 bits per heavy atom. The van der Waals surface area contributed by atoms with Crippen molar-refractivity contribution < 1.29 is 23.4 Å². The van der Waals surface area contributed by atoms with Crippen LogP contribution in [0.4, 0.5) is 14.7 Å². The summed E-state index contributed by atoms with van der Waals surface area (Å²) < 4.78 is 31.1. The third-order valence-corrected chi connectivity index (χ3v) is 6.35. The Balaban J connectivity index is 0.000000532. The van der Waals surface area contributed by atoms with Gasteiger partial charge in [0, 0.05) is 18.2 Å². The Morgan fingerprint density at radius 1 is 1.15 bits per heavy atom. The van der Waals surface area contributed by atoms with Crippen molar-refractivity contribution in [3.05, 3.63) is 59.9 Å². The second-order valence-electron chi connectivity index (χ2n) is 10.8. The SMILES string of the molecule is CC(C)(F)C(=O)O.CC(C)COc1ccc(-c2nc(N(Cc3ccc(F)cc3)C3CCN(C)CC3)n[nH]2)cc1. The molecular weight excluding hydrogens is 504 g/mol. The van der Waals surface area contributed by atoms with Gasteiger partial charge < -0.3 is 19.6 Å². The molecule has 4 rings (SSSR count). The van der Waals surface area contributed by atoms with E-state index in [0.29, 0.717) is 31.1 Å². The van der Waals surface area contributed by atoms with Gasteiger partial charge in [0.15, 0.2) is 5.82 Å². The van der Waals surface area contributed by atoms with E-state index >= 15 is 0 Å². The molecule has 0 unspecified atom stereocenters. The van der Waals surface area contributed by atoms with Gasteiger partial charge in [0.2, 0.25) is 11.6 Å². The lowest BCUT2D eigenvalue weighted by Crippen LogP contribution is -2.44. The van der Waals surface area contributed by atoms with Crippen LogP contribution in [0, 0.1) is 11.7 Å². The predicted molar refractivity (Wildman–Crippen MR) is 148 cm³/mol. The zero-order valence-electron chi connectivity index (χ0n) is 23.3. The summed E-state index contributed by atoms with van der Waals surface area (Å²) in [6.07, 6.45) is 2.09. The number of nitrogens with one attached hydrogen (secondary N) is 1. The number of ether oxygens (including phenoxy) is 1. The Hall–Kier alpha value is -3.53. The van der Waals surface area contributed by atoms with Gasteiger partial charge in [-0.1, -0.05) is 26.0 Å². The molecule has 1 fully saturated rings. The number of aliphatic carboxylic acids is 1. The molecule has 8 nitrogen and oxygen atoms in total. The van der Waals surface area contributed by atoms with Crippen LogP contribution in [0.5, 0.6) is 5.75 Å². The average Bonchev–Trinajstić information content (AvgIpc) is 3.38. The number of hydrogen-bond donors (Lipinski definition) is 2. The molecule has 0 saturated carbocycles. The molecule has 3 aromatic rings. The number of carboxylic acid groups (broad SMARTS) is 1. The number of carboxylic acids is 1. The number of H-pyrrole nitrogens is 1. The molecule has 1 saturated heterocycles. The van der Waals surface area contributed by atoms with Crippen LogP contribution in [0.3, 0.4) is 0 Å². The molecule has 0 aliphatic carbocycles. The Kier molecular flexibility index (Phi) is 10.4. The summed E-state index contributed by atoms with van der Waals surface area (Å²) in [4.78, 5) is 19.1. The number of anilines is 1. The maximum Gasteiger partial charge on any atom is 0.340 e. The molecule has 2 aromatic carbocycles. The molecule has 1 aromatic heterocycles. The quantitative estimate of drug-likeness (QED) is 0.365. The highest BCUT2D eigenvalue weighted by atomic mass is 19.1. The molecule has 0 spiro atoms. The summed E-state index contributed by atoms with van der Waals surface area (Å²) in [6, 6.07) is 15.0. The van der Waals surface area contributed by atoms with Crippen molar-refractivity contribution >= 4 is 11.9 Å². The van der Waals surface area contributed by atoms with Crippen molar-refractivity contribution in [2.45, 2.75) is 58.8 Å². The summed E-state index contributed by atoms with van der Waals surface area (Å²) >= 11 is 0. The van der Waals surface area contributed by atoms with Gasteiger partial charge in [-0.05, 0) is 94.7 Å². The van der Waals surface area contributed by atoms with Crippen LogP contribution in [0.15, 0.2) is 48.5 Å². The van der Waals surface area contributed by atoms with Crippen molar-refractivity contribution in [2.24, 2.45) is 5.92 Å². The van der Waals surface area contributed by atoms with Gasteiger partial charge in [-0.15, -0.1) is 5.10 Å². The third kappa shape index (κ3) is 9.31. The number of halogens is 2. The number of aromatic nitrogens is 3. The maximum atomic E-state index is 13.4. The van der Waals surface area contributed by atoms with Crippen LogP contribution in [0.25, 0.3) is 11.4 Å². The molecule has 2 heterocycles. The zero-order valence-corrected chi connectivity index (χ0v) is 23.3. The number of benzene rings is 2. The van der Waals surface area contributed by atoms with Gasteiger partial charge in [-0.25, -0.2) is 13.6 Å². The van der Waals surface area contributed by atoms with Gasteiger partial charge in [-0.3, -0.25) is 5.10 Å². The highest BCUT2D eigenvalue weighted by Gasteiger charge is 2.27. The monoisotopic (exact) mass is 543 g/mol. The minimum absolute atomic E-state index is 0.222. The summed E-state index contributed by atoms with van der Waals surface area (Å²) in [5.41, 5.74) is -0.0749. The summed E-state index contributed by atoms with van der Waals surface area (Å²) in [5, 5.41) is 15.5. The van der Waals surface area contributed by atoms with Crippen LogP contribution < -0.4 is 9.64 Å². The second kappa shape index (κ2) is 13.5. The molecule has 1 aliphatic heterocycles. The predicted octanol–water partition coefficient (Wildman–Crippen LogP) is 5.57. The summed E-state index contributed by atoms with van der Waals surface area (Å²) in [7, 11) is 2.15. The molecule has 0 amide bonds. The van der Waals surface area contributed by atoms with Crippen molar-refractivity contribution in [1.29, 1.82) is 0 Å². The first-order valence-corrected chi connectivity index (χ1v) is 13.2. The molecular formula is C29H39F2N5O3. The summed E-state index contributed by atoms with van der Waals surface area (Å²) in [6.45, 7) is 9.68. The fraction of sp³-hybridized carbons (Fsp3) is 0.483. The van der Waals surface area contributed by atoms with Crippen LogP contribution >= 0.6 is 0 Å². The lowest BCUT2D eigenvalue weighted by Gasteiger charge is -2.36. The minimum Gasteiger partial charge on any atom is -0.493 e. The van der Waals surface area contributed by atoms with Gasteiger partial charge >= 0.3 is 5.97 Å². The average molecular weight is 544 g/mol. The normalized spacial score (nSPS) is 14.6. The number of rotatable bonds is 9. The fourth-order valence-electron chi connectivity index (χ4n) is 3.94. The molecule has 10 heteroatoms. The van der Waals surface area contributed by atoms with Gasteiger partial charge in [0.25, 0.3) is 0 Å². The molecule has 39 heavy (non-hydrogen) atoms. The van der Waals surface area contributed by atoms with E-state index in [1.165, 1.54) is 12.1 Å². The van der Waals surface area contributed by atoms with E-state index in [9.17, 15) is 13.6 Å². The topological polar surface area (TPSA) is 94.6 Å². The van der Waals surface area contributed by atoms with Crippen LogP contribution in [-0.2, 0) is 11.3 Å². The van der Waals surface area contributed by atoms with Crippen LogP contribution in [-0.4, -0.2) is 69.6 Å². The molecule has 0 bridgehead atoms. The number of carbonyl (C=O) groups is 1. The molecule has 0 atom stereocenters. The van der Waals surface area contributed by atoms with E-state index in [1.807, 2.05) is 36.4 Å². The van der Waals surface area contributed by atoms with Crippen LogP contribution in [0.2, 0.25) is 0 Å². The molecule has 1 aliphatic rings. The highest BCUT2D eigenvalue weighted by molar-refractivity contribution is 5.75. The number of nitrogens with zero attached hydrogens (tertiary/aromatic N) is 4. The number of hydrogen-bond acceptors (Lipinski definition) is 6. The number of piperidine rings is 1. The van der Waals surface area contributed by atoms with Crippen molar-refractivity contribution in [1.82, 2.24) is 20.1 Å². The van der Waals surface area contributed by atoms with E-state index in [2.05, 4.69) is 40.9 Å². The van der Waals surface area contributed by atoms with Gasteiger partial charge in [0.05, 0.1) is 6.61 Å². The van der Waals surface area contributed by atoms with E-state index in [4.69, 9.17) is 14.8 Å². The molecule has 212 valence electrons. The van der Waals surface area contributed by atoms with E-state index in [-0.39, 0.29) is 5.82 Å². The zero-order chi connectivity index (χ0) is 28.6. The lowest BCUT2D eigenvalue weighted by atomic mass is 10.0. The number of aromatic amines is 1. The standard InChI is InChI=1S/C25H32FN5O.C4H7FO2/c1-18(2)17-32-23-10-6-20(7-11-23)24-27-25(29-28-24)31(22-12-14-30(3)15-13-22)16-19-4-8-21(26)9-5-19;1-4(2,5)3(6)7/h4-11,18,22H,12-17H2,1-3H3,(H,27,28,29);1-2H3,(H,6,7). The van der Waals surface area contributed by atoms with Gasteiger partial charge in [0.1, 0.15) is 11.6 Å². The van der Waals surface area contributed by atoms with Gasteiger partial charge in [-0.2, -0.15) is 4.98 Å². The minimum atomic E-state index is -2.08. The first-order valence-electron chi connectivity index (χ1n) is 13.2. The van der Waals surface area contributed by atoms with E-state index in [0.717, 1.165) is 62.5 Å². The molecule has 0 radical (unpaired) electrons. The Morgan fingerprint density at radius 2 is 1.74 bits per heavy atom. The lowest BCUT2D eigenvalue weighted by molar-refractivity contribution is -0.148. The third-order valence-electron chi connectivity index (χ3n) is 6.35. The highest BCUT2D eigenvalue weighted by Crippen LogP contribution is 2.26. The summed E-state index contributed by atoms with van der Waals surface area (Å²) in [5.74, 6) is 1.10. The van der Waals surface area contributed by atoms with Crippen molar-refractivity contribution in [3.63, 3.8) is 0 Å². The first-order chi connectivity index (χ1) is 18.4. The van der Waals surface area contributed by atoms with Crippen LogP contribution in [0.1, 0.15) is 46.1 Å². The first kappa shape index (κ1) is 30.0. The van der Waals surface area contributed by atoms with Crippen molar-refractivity contribution in [3.8, 4) is 17.1 Å². The van der Waals surface area contributed by atoms with E-state index < -0.39 is 11.6 Å². The Bertz CT molecular complexity index is 1170. The second-order valence-corrected chi connectivity index (χ2v) is 10.8.